The third-order valence-electron chi connectivity index (χ3n) is 4.93. The van der Waals surface area contributed by atoms with E-state index in [1.807, 2.05) is 18.2 Å². The molecule has 0 atom stereocenters. The minimum Gasteiger partial charge on any atom is -0.457 e. The van der Waals surface area contributed by atoms with E-state index in [9.17, 15) is 14.9 Å². The molecule has 0 unspecified atom stereocenters. The molecule has 3 rings (SSSR count). The van der Waals surface area contributed by atoms with Gasteiger partial charge in [-0.1, -0.05) is 29.8 Å². The molecule has 0 amide bonds. The molecule has 0 bridgehead atoms. The second kappa shape index (κ2) is 9.33. The maximum Gasteiger partial charge on any atom is 0.280 e. The molecule has 0 radical (unpaired) electrons. The van der Waals surface area contributed by atoms with E-state index in [4.69, 9.17) is 4.74 Å². The van der Waals surface area contributed by atoms with Gasteiger partial charge >= 0.3 is 0 Å². The van der Waals surface area contributed by atoms with Crippen molar-refractivity contribution in [3.05, 3.63) is 98.1 Å². The summed E-state index contributed by atoms with van der Waals surface area (Å²) in [6.45, 7) is 7.80. The van der Waals surface area contributed by atoms with E-state index < -0.39 is 4.92 Å². The molecule has 0 aromatic heterocycles. The lowest BCUT2D eigenvalue weighted by molar-refractivity contribution is -0.385. The van der Waals surface area contributed by atoms with Gasteiger partial charge in [0.2, 0.25) is 0 Å². The van der Waals surface area contributed by atoms with Gasteiger partial charge in [0.15, 0.2) is 6.29 Å². The molecule has 0 aliphatic carbocycles. The Morgan fingerprint density at radius 1 is 0.967 bits per heavy atom. The average molecular weight is 404 g/mol. The van der Waals surface area contributed by atoms with Gasteiger partial charge in [-0.05, 0) is 67.3 Å². The van der Waals surface area contributed by atoms with E-state index in [0.29, 0.717) is 24.3 Å². The number of nitro benzene ring substituents is 1. The number of hydrogen-bond acceptors (Lipinski definition) is 5. The van der Waals surface area contributed by atoms with Crippen LogP contribution in [-0.4, -0.2) is 11.2 Å². The number of aryl methyl sites for hydroxylation is 3. The second-order valence-electron chi connectivity index (χ2n) is 7.33. The monoisotopic (exact) mass is 404 g/mol. The number of aldehydes is 1. The van der Waals surface area contributed by atoms with Crippen molar-refractivity contribution in [2.24, 2.45) is 0 Å². The Kier molecular flexibility index (Phi) is 6.59. The molecule has 6 nitrogen and oxygen atoms in total. The molecule has 30 heavy (non-hydrogen) atoms. The summed E-state index contributed by atoms with van der Waals surface area (Å²) < 4.78 is 5.80. The number of hydrogen-bond donors (Lipinski definition) is 1. The Labute approximate surface area is 175 Å². The van der Waals surface area contributed by atoms with Crippen LogP contribution in [-0.2, 0) is 13.1 Å². The Balaban J connectivity index is 1.67. The summed E-state index contributed by atoms with van der Waals surface area (Å²) >= 11 is 0. The van der Waals surface area contributed by atoms with Crippen molar-refractivity contribution in [1.82, 2.24) is 5.32 Å². The van der Waals surface area contributed by atoms with Crippen LogP contribution in [0.4, 0.5) is 5.69 Å². The Morgan fingerprint density at radius 2 is 1.67 bits per heavy atom. The first-order chi connectivity index (χ1) is 14.4. The Morgan fingerprint density at radius 3 is 2.33 bits per heavy atom. The summed E-state index contributed by atoms with van der Waals surface area (Å²) in [5, 5.41) is 14.4. The van der Waals surface area contributed by atoms with Gasteiger partial charge in [-0.2, -0.15) is 0 Å². The van der Waals surface area contributed by atoms with E-state index >= 15 is 0 Å². The van der Waals surface area contributed by atoms with Crippen LogP contribution >= 0.6 is 0 Å². The molecule has 154 valence electrons. The summed E-state index contributed by atoms with van der Waals surface area (Å²) in [7, 11) is 0. The zero-order valence-electron chi connectivity index (χ0n) is 17.3. The van der Waals surface area contributed by atoms with Crippen LogP contribution in [0.15, 0.2) is 54.6 Å². The molecule has 0 fully saturated rings. The number of nitrogens with one attached hydrogen (secondary N) is 1. The van der Waals surface area contributed by atoms with Crippen molar-refractivity contribution in [2.75, 3.05) is 0 Å². The van der Waals surface area contributed by atoms with Gasteiger partial charge in [-0.25, -0.2) is 0 Å². The number of carbonyl (C=O) groups excluding carboxylic acids is 1. The predicted molar refractivity (Wildman–Crippen MR) is 116 cm³/mol. The highest BCUT2D eigenvalue weighted by Gasteiger charge is 2.14. The number of benzene rings is 3. The van der Waals surface area contributed by atoms with Crippen LogP contribution in [0.25, 0.3) is 0 Å². The van der Waals surface area contributed by atoms with Crippen molar-refractivity contribution in [1.29, 1.82) is 0 Å². The third-order valence-corrected chi connectivity index (χ3v) is 4.93. The van der Waals surface area contributed by atoms with Crippen LogP contribution in [0.5, 0.6) is 11.5 Å². The molecular formula is C24H24N2O4. The second-order valence-corrected chi connectivity index (χ2v) is 7.33. The predicted octanol–water partition coefficient (Wildman–Crippen LogP) is 5.41. The van der Waals surface area contributed by atoms with Crippen molar-refractivity contribution < 1.29 is 14.5 Å². The van der Waals surface area contributed by atoms with Crippen molar-refractivity contribution in [2.45, 2.75) is 33.9 Å². The fourth-order valence-electron chi connectivity index (χ4n) is 3.53. The fraction of sp³-hybridized carbons (Fsp3) is 0.208. The van der Waals surface area contributed by atoms with Crippen molar-refractivity contribution in [3.8, 4) is 11.5 Å². The van der Waals surface area contributed by atoms with Crippen LogP contribution in [0.2, 0.25) is 0 Å². The van der Waals surface area contributed by atoms with Gasteiger partial charge in [-0.3, -0.25) is 14.9 Å². The zero-order chi connectivity index (χ0) is 21.7. The lowest BCUT2D eigenvalue weighted by Crippen LogP contribution is -2.14. The fourth-order valence-corrected chi connectivity index (χ4v) is 3.53. The number of nitro groups is 1. The molecule has 6 heteroatoms. The molecule has 0 aliphatic rings. The van der Waals surface area contributed by atoms with E-state index in [1.54, 1.807) is 6.07 Å². The highest BCUT2D eigenvalue weighted by atomic mass is 16.6. The van der Waals surface area contributed by atoms with Crippen molar-refractivity contribution >= 4 is 12.0 Å². The third kappa shape index (κ3) is 5.10. The smallest absolute Gasteiger partial charge is 0.280 e. The first-order valence-electron chi connectivity index (χ1n) is 9.65. The van der Waals surface area contributed by atoms with Gasteiger partial charge in [0.1, 0.15) is 11.5 Å². The summed E-state index contributed by atoms with van der Waals surface area (Å²) in [6.07, 6.45) is 0.459. The molecule has 0 saturated heterocycles. The molecule has 0 spiro atoms. The average Bonchev–Trinajstić information content (AvgIpc) is 2.70. The number of rotatable bonds is 8. The van der Waals surface area contributed by atoms with Crippen LogP contribution < -0.4 is 10.1 Å². The quantitative estimate of drug-likeness (QED) is 0.308. The van der Waals surface area contributed by atoms with E-state index in [2.05, 4.69) is 38.2 Å². The van der Waals surface area contributed by atoms with E-state index in [1.165, 1.54) is 40.5 Å². The highest BCUT2D eigenvalue weighted by Crippen LogP contribution is 2.27. The minimum atomic E-state index is -0.586. The molecule has 0 aliphatic heterocycles. The number of ether oxygens (including phenoxy) is 1. The Bertz CT molecular complexity index is 1070. The van der Waals surface area contributed by atoms with E-state index in [-0.39, 0.29) is 11.3 Å². The van der Waals surface area contributed by atoms with Gasteiger partial charge in [0.05, 0.1) is 10.5 Å². The lowest BCUT2D eigenvalue weighted by Gasteiger charge is -2.13. The SMILES string of the molecule is Cc1cc(C)c(CNCc2cccc(Oc3ccc([N+](=O)[O-])c(C=O)c3)c2)c(C)c1. The van der Waals surface area contributed by atoms with Gasteiger partial charge in [-0.15, -0.1) is 0 Å². The zero-order valence-corrected chi connectivity index (χ0v) is 17.3. The van der Waals surface area contributed by atoms with Gasteiger partial charge in [0.25, 0.3) is 5.69 Å². The molecule has 0 heterocycles. The van der Waals surface area contributed by atoms with Crippen molar-refractivity contribution in [3.63, 3.8) is 0 Å². The molecule has 1 N–H and O–H groups in total. The van der Waals surface area contributed by atoms with Crippen LogP contribution in [0.1, 0.15) is 38.2 Å². The lowest BCUT2D eigenvalue weighted by atomic mass is 10.00. The minimum absolute atomic E-state index is 0.0147. The first kappa shape index (κ1) is 21.2. The first-order valence-corrected chi connectivity index (χ1v) is 9.65. The normalized spacial score (nSPS) is 10.6. The summed E-state index contributed by atoms with van der Waals surface area (Å²) in [4.78, 5) is 21.5. The van der Waals surface area contributed by atoms with Gasteiger partial charge in [0, 0.05) is 19.2 Å². The van der Waals surface area contributed by atoms with Gasteiger partial charge < -0.3 is 10.1 Å². The Hall–Kier alpha value is -3.51. The summed E-state index contributed by atoms with van der Waals surface area (Å²) in [5.41, 5.74) is 5.92. The topological polar surface area (TPSA) is 81.5 Å². The standard InChI is InChI=1S/C24H24N2O4/c1-16-9-17(2)23(18(3)10-16)14-25-13-19-5-4-6-21(11-19)30-22-7-8-24(26(28)29)20(12-22)15-27/h4-12,15,25H,13-14H2,1-3H3. The number of nitrogens with zero attached hydrogens (tertiary/aromatic N) is 1. The summed E-state index contributed by atoms with van der Waals surface area (Å²) in [5.74, 6) is 0.974. The molecule has 3 aromatic rings. The highest BCUT2D eigenvalue weighted by molar-refractivity contribution is 5.82. The summed E-state index contributed by atoms with van der Waals surface area (Å²) in [6, 6.07) is 16.1. The van der Waals surface area contributed by atoms with Crippen LogP contribution in [0, 0.1) is 30.9 Å². The molecular weight excluding hydrogens is 380 g/mol. The number of carbonyl (C=O) groups is 1. The largest absolute Gasteiger partial charge is 0.457 e. The van der Waals surface area contributed by atoms with Crippen LogP contribution in [0.3, 0.4) is 0 Å². The maximum atomic E-state index is 11.1. The molecule has 3 aromatic carbocycles. The maximum absolute atomic E-state index is 11.1. The van der Waals surface area contributed by atoms with E-state index in [0.717, 1.165) is 12.1 Å². The molecule has 0 saturated carbocycles.